The van der Waals surface area contributed by atoms with Gasteiger partial charge in [0, 0.05) is 24.0 Å². The van der Waals surface area contributed by atoms with E-state index in [1.165, 1.54) is 24.3 Å². The fourth-order valence-corrected chi connectivity index (χ4v) is 4.46. The summed E-state index contributed by atoms with van der Waals surface area (Å²) in [5.41, 5.74) is 3.04. The van der Waals surface area contributed by atoms with Crippen LogP contribution in [0.3, 0.4) is 0 Å². The van der Waals surface area contributed by atoms with Crippen LogP contribution in [-0.4, -0.2) is 30.7 Å². The molecule has 0 aliphatic rings. The van der Waals surface area contributed by atoms with Gasteiger partial charge in [0.05, 0.1) is 16.8 Å². The van der Waals surface area contributed by atoms with E-state index in [-0.39, 0.29) is 22.1 Å². The molecule has 0 saturated heterocycles. The van der Waals surface area contributed by atoms with Crippen LogP contribution in [-0.2, 0) is 16.4 Å². The summed E-state index contributed by atoms with van der Waals surface area (Å²) in [5.74, 6) is -0.837. The van der Waals surface area contributed by atoms with E-state index in [0.29, 0.717) is 18.5 Å². The Morgan fingerprint density at radius 3 is 2.50 bits per heavy atom. The number of nitrogens with zero attached hydrogens (tertiary/aromatic N) is 2. The molecule has 1 aromatic heterocycles. The van der Waals surface area contributed by atoms with E-state index in [0.717, 1.165) is 23.4 Å². The Labute approximate surface area is 197 Å². The van der Waals surface area contributed by atoms with Crippen LogP contribution in [0.2, 0.25) is 0 Å². The number of carbonyl (C=O) groups excluding carboxylic acids is 1. The fourth-order valence-electron chi connectivity index (χ4n) is 3.37. The molecule has 0 saturated carbocycles. The highest BCUT2D eigenvalue weighted by molar-refractivity contribution is 7.92. The van der Waals surface area contributed by atoms with Crippen molar-refractivity contribution in [2.45, 2.75) is 18.2 Å². The molecule has 0 spiro atoms. The van der Waals surface area contributed by atoms with E-state index < -0.39 is 15.8 Å². The van der Waals surface area contributed by atoms with E-state index in [1.54, 1.807) is 23.9 Å². The minimum Gasteiger partial charge on any atom is -0.352 e. The number of para-hydroxylation sites is 1. The lowest BCUT2D eigenvalue weighted by atomic mass is 10.1. The molecule has 0 atom stereocenters. The average Bonchev–Trinajstić information content (AvgIpc) is 3.30. The summed E-state index contributed by atoms with van der Waals surface area (Å²) in [6.07, 6.45) is 4.22. The van der Waals surface area contributed by atoms with Crippen LogP contribution in [0.25, 0.3) is 5.69 Å². The van der Waals surface area contributed by atoms with Gasteiger partial charge < -0.3 is 5.32 Å². The normalized spacial score (nSPS) is 11.2. The zero-order valence-corrected chi connectivity index (χ0v) is 19.2. The molecule has 3 aromatic carbocycles. The third-order valence-electron chi connectivity index (χ3n) is 5.22. The summed E-state index contributed by atoms with van der Waals surface area (Å²) in [7, 11) is -3.95. The highest BCUT2D eigenvalue weighted by atomic mass is 32.2. The number of benzene rings is 3. The minimum atomic E-state index is -3.95. The number of hydrogen-bond acceptors (Lipinski definition) is 4. The maximum atomic E-state index is 13.1. The third kappa shape index (κ3) is 5.49. The molecular formula is C25H23FN4O3S. The molecule has 174 valence electrons. The maximum absolute atomic E-state index is 13.1. The van der Waals surface area contributed by atoms with E-state index in [1.807, 2.05) is 36.5 Å². The van der Waals surface area contributed by atoms with Crippen molar-refractivity contribution in [1.29, 1.82) is 0 Å². The Morgan fingerprint density at radius 2 is 1.76 bits per heavy atom. The highest BCUT2D eigenvalue weighted by Gasteiger charge is 2.18. The van der Waals surface area contributed by atoms with Crippen molar-refractivity contribution >= 4 is 21.6 Å². The lowest BCUT2D eigenvalue weighted by molar-refractivity contribution is 0.0953. The standard InChI is InChI=1S/C25H23FN4O3S/c1-18-7-12-23(34(32,33)29-21-10-8-20(26)9-11-21)15-24(18)25(31)27-14-13-19-16-28-30(17-19)22-5-3-2-4-6-22/h2-12,15-17,29H,13-14H2,1H3,(H,27,31). The quantitative estimate of drug-likeness (QED) is 0.399. The minimum absolute atomic E-state index is 0.0586. The molecule has 4 rings (SSSR count). The van der Waals surface area contributed by atoms with Gasteiger partial charge in [-0.15, -0.1) is 0 Å². The van der Waals surface area contributed by atoms with Crippen LogP contribution in [0.1, 0.15) is 21.5 Å². The SMILES string of the molecule is Cc1ccc(S(=O)(=O)Nc2ccc(F)cc2)cc1C(=O)NCCc1cnn(-c2ccccc2)c1. The van der Waals surface area contributed by atoms with Crippen molar-refractivity contribution in [2.24, 2.45) is 0 Å². The molecule has 7 nitrogen and oxygen atoms in total. The Hall–Kier alpha value is -3.98. The molecule has 0 unspecified atom stereocenters. The number of rotatable bonds is 8. The fraction of sp³-hybridized carbons (Fsp3) is 0.120. The van der Waals surface area contributed by atoms with Crippen molar-refractivity contribution in [1.82, 2.24) is 15.1 Å². The molecule has 0 fully saturated rings. The van der Waals surface area contributed by atoms with Crippen LogP contribution < -0.4 is 10.0 Å². The van der Waals surface area contributed by atoms with Gasteiger partial charge in [-0.05, 0) is 73.0 Å². The summed E-state index contributed by atoms with van der Waals surface area (Å²) >= 11 is 0. The van der Waals surface area contributed by atoms with Crippen molar-refractivity contribution in [3.05, 3.63) is 108 Å². The molecular weight excluding hydrogens is 455 g/mol. The Bertz CT molecular complexity index is 1400. The van der Waals surface area contributed by atoms with Crippen molar-refractivity contribution in [3.63, 3.8) is 0 Å². The van der Waals surface area contributed by atoms with Crippen LogP contribution in [0.5, 0.6) is 0 Å². The molecule has 0 aliphatic carbocycles. The largest absolute Gasteiger partial charge is 0.352 e. The first kappa shape index (κ1) is 23.2. The molecule has 0 aliphatic heterocycles. The number of aromatic nitrogens is 2. The van der Waals surface area contributed by atoms with E-state index in [2.05, 4.69) is 15.1 Å². The van der Waals surface area contributed by atoms with Gasteiger partial charge in [0.15, 0.2) is 0 Å². The van der Waals surface area contributed by atoms with E-state index in [4.69, 9.17) is 0 Å². The van der Waals surface area contributed by atoms with Crippen molar-refractivity contribution in [3.8, 4) is 5.69 Å². The second-order valence-electron chi connectivity index (χ2n) is 7.72. The molecule has 1 heterocycles. The van der Waals surface area contributed by atoms with Crippen LogP contribution in [0.15, 0.2) is 90.1 Å². The van der Waals surface area contributed by atoms with Crippen molar-refractivity contribution < 1.29 is 17.6 Å². The molecule has 4 aromatic rings. The Morgan fingerprint density at radius 1 is 1.03 bits per heavy atom. The van der Waals surface area contributed by atoms with Gasteiger partial charge in [-0.2, -0.15) is 5.10 Å². The van der Waals surface area contributed by atoms with Crippen molar-refractivity contribution in [2.75, 3.05) is 11.3 Å². The summed E-state index contributed by atoms with van der Waals surface area (Å²) in [5, 5.41) is 7.18. The van der Waals surface area contributed by atoms with Crippen LogP contribution >= 0.6 is 0 Å². The van der Waals surface area contributed by atoms with Crippen LogP contribution in [0.4, 0.5) is 10.1 Å². The molecule has 9 heteroatoms. The third-order valence-corrected chi connectivity index (χ3v) is 6.60. The first-order valence-corrected chi connectivity index (χ1v) is 12.1. The van der Waals surface area contributed by atoms with Gasteiger partial charge >= 0.3 is 0 Å². The second kappa shape index (κ2) is 9.88. The molecule has 0 radical (unpaired) electrons. The van der Waals surface area contributed by atoms with E-state index >= 15 is 0 Å². The predicted molar refractivity (Wildman–Crippen MR) is 128 cm³/mol. The molecule has 0 bridgehead atoms. The lowest BCUT2D eigenvalue weighted by Crippen LogP contribution is -2.26. The summed E-state index contributed by atoms with van der Waals surface area (Å²) in [4.78, 5) is 12.7. The van der Waals surface area contributed by atoms with Gasteiger partial charge in [-0.25, -0.2) is 17.5 Å². The number of aryl methyl sites for hydroxylation is 1. The van der Waals surface area contributed by atoms with Crippen LogP contribution in [0, 0.1) is 12.7 Å². The Balaban J connectivity index is 1.41. The van der Waals surface area contributed by atoms with Gasteiger partial charge in [-0.3, -0.25) is 9.52 Å². The van der Waals surface area contributed by atoms with Gasteiger partial charge in [0.25, 0.3) is 15.9 Å². The molecule has 1 amide bonds. The number of nitrogens with one attached hydrogen (secondary N) is 2. The summed E-state index contributed by atoms with van der Waals surface area (Å²) < 4.78 is 42.7. The maximum Gasteiger partial charge on any atom is 0.261 e. The Kier molecular flexibility index (Phi) is 6.74. The average molecular weight is 479 g/mol. The van der Waals surface area contributed by atoms with Gasteiger partial charge in [-0.1, -0.05) is 24.3 Å². The van der Waals surface area contributed by atoms with Gasteiger partial charge in [0.2, 0.25) is 0 Å². The summed E-state index contributed by atoms with van der Waals surface area (Å²) in [6.45, 7) is 2.10. The number of amides is 1. The molecule has 2 N–H and O–H groups in total. The first-order valence-electron chi connectivity index (χ1n) is 10.6. The number of anilines is 1. The van der Waals surface area contributed by atoms with E-state index in [9.17, 15) is 17.6 Å². The highest BCUT2D eigenvalue weighted by Crippen LogP contribution is 2.20. The first-order chi connectivity index (χ1) is 16.3. The zero-order valence-electron chi connectivity index (χ0n) is 18.4. The smallest absolute Gasteiger partial charge is 0.261 e. The molecule has 34 heavy (non-hydrogen) atoms. The second-order valence-corrected chi connectivity index (χ2v) is 9.41. The topological polar surface area (TPSA) is 93.1 Å². The number of halogens is 1. The number of carbonyl (C=O) groups is 1. The number of sulfonamides is 1. The zero-order chi connectivity index (χ0) is 24.1. The summed E-state index contributed by atoms with van der Waals surface area (Å²) in [6, 6.07) is 19.0. The predicted octanol–water partition coefficient (Wildman–Crippen LogP) is 4.09. The van der Waals surface area contributed by atoms with Gasteiger partial charge in [0.1, 0.15) is 5.82 Å². The number of hydrogen-bond donors (Lipinski definition) is 2. The monoisotopic (exact) mass is 478 g/mol. The lowest BCUT2D eigenvalue weighted by Gasteiger charge is -2.12.